The average Bonchev–Trinajstić information content (AvgIpc) is 2.95. The summed E-state index contributed by atoms with van der Waals surface area (Å²) in [7, 11) is 0. The topological polar surface area (TPSA) is 0 Å². The zero-order valence-corrected chi connectivity index (χ0v) is 22.9. The Morgan fingerprint density at radius 2 is 0.750 bits per heavy atom. The van der Waals surface area contributed by atoms with E-state index in [0.29, 0.717) is 0 Å². The molecular weight excluding hydrogens is 568 g/mol. The van der Waals surface area contributed by atoms with Crippen molar-refractivity contribution < 1.29 is 0 Å². The minimum Gasteiger partial charge on any atom is -0.0876 e. The molecule has 6 aromatic carbocycles. The molecule has 0 bridgehead atoms. The van der Waals surface area contributed by atoms with Gasteiger partial charge in [-0.3, -0.25) is 0 Å². The van der Waals surface area contributed by atoms with Crippen molar-refractivity contribution in [1.29, 1.82) is 0 Å². The van der Waals surface area contributed by atoms with Crippen molar-refractivity contribution in [3.63, 3.8) is 0 Å². The molecule has 0 aliphatic rings. The molecule has 0 atom stereocenters. The number of benzene rings is 6. The molecule has 0 radical (unpaired) electrons. The van der Waals surface area contributed by atoms with E-state index in [-0.39, 0.29) is 0 Å². The Bertz CT molecular complexity index is 1590. The van der Waals surface area contributed by atoms with Gasteiger partial charge in [0.15, 0.2) is 0 Å². The first kappa shape index (κ1) is 23.2. The molecule has 6 aromatic rings. The fourth-order valence-electron chi connectivity index (χ4n) is 5.22. The van der Waals surface area contributed by atoms with E-state index < -0.39 is 0 Å². The molecule has 0 N–H and O–H groups in total. The highest BCUT2D eigenvalue weighted by atomic mass is 79.9. The van der Waals surface area contributed by atoms with Crippen molar-refractivity contribution in [3.8, 4) is 33.4 Å². The van der Waals surface area contributed by atoms with E-state index in [1.165, 1.54) is 66.1 Å². The first-order valence-electron chi connectivity index (χ1n) is 12.1. The van der Waals surface area contributed by atoms with Gasteiger partial charge in [0.25, 0.3) is 0 Å². The second kappa shape index (κ2) is 10.0. The Morgan fingerprint density at radius 1 is 0.361 bits per heavy atom. The maximum atomic E-state index is 3.83. The number of halogens is 2. The second-order valence-corrected chi connectivity index (χ2v) is 10.2. The zero-order chi connectivity index (χ0) is 24.5. The van der Waals surface area contributed by atoms with Gasteiger partial charge in [0.1, 0.15) is 0 Å². The highest BCUT2D eigenvalue weighted by Crippen LogP contribution is 2.40. The van der Waals surface area contributed by atoms with Gasteiger partial charge >= 0.3 is 0 Å². The van der Waals surface area contributed by atoms with Crippen LogP contribution in [0.1, 0.15) is 11.1 Å². The fraction of sp³-hybridized carbons (Fsp3) is 0.0588. The summed E-state index contributed by atoms with van der Waals surface area (Å²) in [5, 5.41) is 6.63. The summed E-state index contributed by atoms with van der Waals surface area (Å²) in [6.07, 6.45) is 0. The molecular formula is C34H24Br2. The first-order valence-corrected chi connectivity index (χ1v) is 14.4. The normalized spacial score (nSPS) is 11.3. The molecule has 0 amide bonds. The third-order valence-corrected chi connectivity index (χ3v) is 8.15. The minimum absolute atomic E-state index is 0.785. The lowest BCUT2D eigenvalue weighted by Crippen LogP contribution is -1.96. The number of rotatable bonds is 5. The van der Waals surface area contributed by atoms with Crippen LogP contribution in [0.3, 0.4) is 0 Å². The van der Waals surface area contributed by atoms with E-state index in [1.54, 1.807) is 0 Å². The SMILES string of the molecule is BrCc1c(-c2ccc3ccccc3c2)cccc1-c1cccc(-c2ccc3ccccc3c2)c1CBr. The smallest absolute Gasteiger partial charge is 0.0295 e. The summed E-state index contributed by atoms with van der Waals surface area (Å²) in [5.41, 5.74) is 10.2. The molecule has 2 heteroatoms. The van der Waals surface area contributed by atoms with Crippen molar-refractivity contribution in [1.82, 2.24) is 0 Å². The predicted octanol–water partition coefficient (Wildman–Crippen LogP) is 10.8. The van der Waals surface area contributed by atoms with Gasteiger partial charge in [0.05, 0.1) is 0 Å². The van der Waals surface area contributed by atoms with Crippen LogP contribution >= 0.6 is 31.9 Å². The standard InChI is InChI=1S/C34H24Br2/c35-21-33-29(27-17-15-23-7-1-3-9-25(23)19-27)11-5-13-31(33)32-14-6-12-30(34(32)22-36)28-18-16-24-8-2-4-10-26(24)20-28/h1-20H,21-22H2. The summed E-state index contributed by atoms with van der Waals surface area (Å²) in [4.78, 5) is 0. The lowest BCUT2D eigenvalue weighted by atomic mass is 9.87. The van der Waals surface area contributed by atoms with Gasteiger partial charge in [-0.2, -0.15) is 0 Å². The lowest BCUT2D eigenvalue weighted by Gasteiger charge is -2.19. The van der Waals surface area contributed by atoms with Gasteiger partial charge in [-0.05, 0) is 78.2 Å². The van der Waals surface area contributed by atoms with Crippen molar-refractivity contribution in [3.05, 3.63) is 132 Å². The Morgan fingerprint density at radius 3 is 1.17 bits per heavy atom. The monoisotopic (exact) mass is 590 g/mol. The average molecular weight is 592 g/mol. The third-order valence-electron chi connectivity index (χ3n) is 7.03. The summed E-state index contributed by atoms with van der Waals surface area (Å²) in [6, 6.07) is 44.0. The van der Waals surface area contributed by atoms with E-state index in [0.717, 1.165) is 10.7 Å². The van der Waals surface area contributed by atoms with E-state index >= 15 is 0 Å². The van der Waals surface area contributed by atoms with Crippen molar-refractivity contribution in [2.24, 2.45) is 0 Å². The largest absolute Gasteiger partial charge is 0.0876 e. The van der Waals surface area contributed by atoms with E-state index in [9.17, 15) is 0 Å². The molecule has 0 aliphatic carbocycles. The number of hydrogen-bond donors (Lipinski definition) is 0. The van der Waals surface area contributed by atoms with Crippen LogP contribution in [0.4, 0.5) is 0 Å². The summed E-state index contributed by atoms with van der Waals surface area (Å²) in [5.74, 6) is 0. The minimum atomic E-state index is 0.785. The number of fused-ring (bicyclic) bond motifs is 2. The van der Waals surface area contributed by atoms with Gasteiger partial charge in [0, 0.05) is 10.7 Å². The van der Waals surface area contributed by atoms with Crippen LogP contribution in [0.25, 0.3) is 54.9 Å². The van der Waals surface area contributed by atoms with Crippen LogP contribution in [0.2, 0.25) is 0 Å². The maximum Gasteiger partial charge on any atom is 0.0295 e. The number of hydrogen-bond acceptors (Lipinski definition) is 0. The molecule has 0 fully saturated rings. The molecule has 0 unspecified atom stereocenters. The van der Waals surface area contributed by atoms with E-state index in [4.69, 9.17) is 0 Å². The third kappa shape index (κ3) is 4.19. The summed E-state index contributed by atoms with van der Waals surface area (Å²) >= 11 is 7.66. The second-order valence-electron chi connectivity index (χ2n) is 9.05. The molecule has 174 valence electrons. The van der Waals surface area contributed by atoms with Gasteiger partial charge in [-0.15, -0.1) is 0 Å². The van der Waals surface area contributed by atoms with Crippen molar-refractivity contribution >= 4 is 53.4 Å². The molecule has 0 spiro atoms. The van der Waals surface area contributed by atoms with Crippen LogP contribution in [0, 0.1) is 0 Å². The van der Waals surface area contributed by atoms with Crippen LogP contribution < -0.4 is 0 Å². The van der Waals surface area contributed by atoms with Crippen LogP contribution in [0.15, 0.2) is 121 Å². The predicted molar refractivity (Wildman–Crippen MR) is 163 cm³/mol. The molecule has 0 saturated carbocycles. The molecule has 6 rings (SSSR count). The molecule has 36 heavy (non-hydrogen) atoms. The lowest BCUT2D eigenvalue weighted by molar-refractivity contribution is 1.37. The summed E-state index contributed by atoms with van der Waals surface area (Å²) in [6.45, 7) is 0. The maximum absolute atomic E-state index is 3.83. The van der Waals surface area contributed by atoms with Gasteiger partial charge in [-0.1, -0.05) is 141 Å². The van der Waals surface area contributed by atoms with E-state index in [1.807, 2.05) is 0 Å². The van der Waals surface area contributed by atoms with Crippen molar-refractivity contribution in [2.45, 2.75) is 10.7 Å². The Balaban J connectivity index is 1.52. The Labute approximate surface area is 228 Å². The number of alkyl halides is 2. The molecule has 0 nitrogen and oxygen atoms in total. The van der Waals surface area contributed by atoms with Crippen molar-refractivity contribution in [2.75, 3.05) is 0 Å². The zero-order valence-electron chi connectivity index (χ0n) is 19.7. The Hall–Kier alpha value is -3.20. The van der Waals surface area contributed by atoms with Gasteiger partial charge in [-0.25, -0.2) is 0 Å². The quantitative estimate of drug-likeness (QED) is 0.175. The van der Waals surface area contributed by atoms with Gasteiger partial charge in [0.2, 0.25) is 0 Å². The molecule has 0 heterocycles. The van der Waals surface area contributed by atoms with Gasteiger partial charge < -0.3 is 0 Å². The van der Waals surface area contributed by atoms with E-state index in [2.05, 4.69) is 153 Å². The highest BCUT2D eigenvalue weighted by Gasteiger charge is 2.16. The highest BCUT2D eigenvalue weighted by molar-refractivity contribution is 9.08. The van der Waals surface area contributed by atoms with Crippen LogP contribution in [-0.2, 0) is 10.7 Å². The first-order chi connectivity index (χ1) is 17.8. The Kier molecular flexibility index (Phi) is 6.48. The molecule has 0 aromatic heterocycles. The van der Waals surface area contributed by atoms with Crippen LogP contribution in [0.5, 0.6) is 0 Å². The molecule has 0 aliphatic heterocycles. The van der Waals surface area contributed by atoms with Crippen LogP contribution in [-0.4, -0.2) is 0 Å². The fourth-order valence-corrected chi connectivity index (χ4v) is 6.43. The molecule has 0 saturated heterocycles. The summed E-state index contributed by atoms with van der Waals surface area (Å²) < 4.78 is 0.